The molecular formula is C11H14BrN3O3. The highest BCUT2D eigenvalue weighted by atomic mass is 79.9. The first-order valence-corrected chi connectivity index (χ1v) is 6.34. The molecule has 1 aliphatic rings. The summed E-state index contributed by atoms with van der Waals surface area (Å²) < 4.78 is 11.4. The van der Waals surface area contributed by atoms with Gasteiger partial charge in [0, 0.05) is 17.2 Å². The minimum atomic E-state index is -0.268. The second kappa shape index (κ2) is 6.12. The Morgan fingerprint density at radius 3 is 3.17 bits per heavy atom. The standard InChI is InChI=1S/C11H14BrN3O3/c12-7-3-9(10(13)14-4-7)11(16)15-5-8-6-17-1-2-18-8/h3-4,8H,1-2,5-6H2,(H2,13,14)(H,15,16). The molecule has 2 rings (SSSR count). The molecule has 0 aromatic carbocycles. The number of nitrogens with two attached hydrogens (primary N) is 1. The fraction of sp³-hybridized carbons (Fsp3) is 0.455. The molecular weight excluding hydrogens is 302 g/mol. The Labute approximate surface area is 113 Å². The zero-order valence-electron chi connectivity index (χ0n) is 9.69. The van der Waals surface area contributed by atoms with Gasteiger partial charge in [0.15, 0.2) is 0 Å². The molecule has 1 aromatic rings. The van der Waals surface area contributed by atoms with E-state index in [-0.39, 0.29) is 17.8 Å². The molecule has 1 unspecified atom stereocenters. The van der Waals surface area contributed by atoms with Crippen LogP contribution in [0.4, 0.5) is 5.82 Å². The summed E-state index contributed by atoms with van der Waals surface area (Å²) in [6.07, 6.45) is 1.44. The van der Waals surface area contributed by atoms with E-state index in [2.05, 4.69) is 26.2 Å². The summed E-state index contributed by atoms with van der Waals surface area (Å²) in [6.45, 7) is 2.05. The molecule has 1 amide bonds. The number of nitrogens with zero attached hydrogens (tertiary/aromatic N) is 1. The minimum Gasteiger partial charge on any atom is -0.383 e. The van der Waals surface area contributed by atoms with Crippen LogP contribution in [-0.2, 0) is 9.47 Å². The van der Waals surface area contributed by atoms with E-state index in [0.29, 0.717) is 36.4 Å². The van der Waals surface area contributed by atoms with Gasteiger partial charge in [-0.1, -0.05) is 0 Å². The molecule has 7 heteroatoms. The maximum Gasteiger partial charge on any atom is 0.255 e. The molecule has 1 saturated heterocycles. The van der Waals surface area contributed by atoms with Crippen LogP contribution in [-0.4, -0.2) is 43.4 Å². The molecule has 3 N–H and O–H groups in total. The number of aromatic nitrogens is 1. The summed E-state index contributed by atoms with van der Waals surface area (Å²) >= 11 is 3.25. The van der Waals surface area contributed by atoms with Crippen LogP contribution >= 0.6 is 15.9 Å². The average Bonchev–Trinajstić information content (AvgIpc) is 2.40. The zero-order chi connectivity index (χ0) is 13.0. The SMILES string of the molecule is Nc1ncc(Br)cc1C(=O)NCC1COCCO1. The lowest BCUT2D eigenvalue weighted by atomic mass is 10.2. The normalized spacial score (nSPS) is 19.5. The van der Waals surface area contributed by atoms with Crippen molar-refractivity contribution >= 4 is 27.7 Å². The molecule has 0 radical (unpaired) electrons. The summed E-state index contributed by atoms with van der Waals surface area (Å²) in [6, 6.07) is 1.63. The van der Waals surface area contributed by atoms with Crippen LogP contribution in [0.2, 0.25) is 0 Å². The zero-order valence-corrected chi connectivity index (χ0v) is 11.3. The Morgan fingerprint density at radius 1 is 1.61 bits per heavy atom. The molecule has 0 aliphatic carbocycles. The van der Waals surface area contributed by atoms with E-state index >= 15 is 0 Å². The van der Waals surface area contributed by atoms with Crippen LogP contribution in [0.1, 0.15) is 10.4 Å². The predicted molar refractivity (Wildman–Crippen MR) is 69.2 cm³/mol. The van der Waals surface area contributed by atoms with E-state index in [1.54, 1.807) is 12.3 Å². The number of nitrogen functional groups attached to an aromatic ring is 1. The fourth-order valence-corrected chi connectivity index (χ4v) is 1.92. The van der Waals surface area contributed by atoms with Gasteiger partial charge in [-0.25, -0.2) is 4.98 Å². The summed E-state index contributed by atoms with van der Waals surface area (Å²) in [7, 11) is 0. The molecule has 1 atom stereocenters. The summed E-state index contributed by atoms with van der Waals surface area (Å²) in [4.78, 5) is 15.8. The molecule has 2 heterocycles. The van der Waals surface area contributed by atoms with Crippen LogP contribution in [0.15, 0.2) is 16.7 Å². The van der Waals surface area contributed by atoms with Crippen LogP contribution in [0.5, 0.6) is 0 Å². The van der Waals surface area contributed by atoms with E-state index in [0.717, 1.165) is 0 Å². The van der Waals surface area contributed by atoms with Crippen molar-refractivity contribution < 1.29 is 14.3 Å². The van der Waals surface area contributed by atoms with E-state index < -0.39 is 0 Å². The van der Waals surface area contributed by atoms with Crippen molar-refractivity contribution in [3.05, 3.63) is 22.3 Å². The lowest BCUT2D eigenvalue weighted by molar-refractivity contribution is -0.0855. The van der Waals surface area contributed by atoms with E-state index in [1.807, 2.05) is 0 Å². The number of anilines is 1. The highest BCUT2D eigenvalue weighted by Crippen LogP contribution is 2.15. The van der Waals surface area contributed by atoms with Crippen molar-refractivity contribution in [2.75, 3.05) is 32.1 Å². The molecule has 0 bridgehead atoms. The summed E-state index contributed by atoms with van der Waals surface area (Å²) in [5.74, 6) is -0.0630. The number of pyridine rings is 1. The van der Waals surface area contributed by atoms with Crippen LogP contribution < -0.4 is 11.1 Å². The third-order valence-electron chi connectivity index (χ3n) is 2.51. The van der Waals surface area contributed by atoms with E-state index in [9.17, 15) is 4.79 Å². The molecule has 98 valence electrons. The van der Waals surface area contributed by atoms with Gasteiger partial charge < -0.3 is 20.5 Å². The Bertz CT molecular complexity index is 436. The van der Waals surface area contributed by atoms with Crippen LogP contribution in [0, 0.1) is 0 Å². The van der Waals surface area contributed by atoms with Gasteiger partial charge in [-0.3, -0.25) is 4.79 Å². The van der Waals surface area contributed by atoms with E-state index in [1.165, 1.54) is 0 Å². The highest BCUT2D eigenvalue weighted by molar-refractivity contribution is 9.10. The number of nitrogens with one attached hydrogen (secondary N) is 1. The van der Waals surface area contributed by atoms with Crippen LogP contribution in [0.3, 0.4) is 0 Å². The van der Waals surface area contributed by atoms with Crippen molar-refractivity contribution in [1.82, 2.24) is 10.3 Å². The second-order valence-electron chi connectivity index (χ2n) is 3.86. The van der Waals surface area contributed by atoms with E-state index in [4.69, 9.17) is 15.2 Å². The number of carbonyl (C=O) groups excluding carboxylic acids is 1. The Balaban J connectivity index is 1.92. The first kappa shape index (κ1) is 13.3. The summed E-state index contributed by atoms with van der Waals surface area (Å²) in [5.41, 5.74) is 6.00. The minimum absolute atomic E-state index is 0.107. The number of amides is 1. The van der Waals surface area contributed by atoms with Crippen molar-refractivity contribution in [3.63, 3.8) is 0 Å². The van der Waals surface area contributed by atoms with Gasteiger partial charge in [0.2, 0.25) is 0 Å². The van der Waals surface area contributed by atoms with Crippen molar-refractivity contribution in [3.8, 4) is 0 Å². The quantitative estimate of drug-likeness (QED) is 0.851. The number of hydrogen-bond acceptors (Lipinski definition) is 5. The topological polar surface area (TPSA) is 86.5 Å². The number of rotatable bonds is 3. The smallest absolute Gasteiger partial charge is 0.255 e. The molecule has 18 heavy (non-hydrogen) atoms. The molecule has 0 spiro atoms. The largest absolute Gasteiger partial charge is 0.383 e. The first-order valence-electron chi connectivity index (χ1n) is 5.55. The van der Waals surface area contributed by atoms with Gasteiger partial charge in [-0.15, -0.1) is 0 Å². The third kappa shape index (κ3) is 3.41. The fourth-order valence-electron chi connectivity index (χ4n) is 1.59. The Hall–Kier alpha value is -1.18. The summed E-state index contributed by atoms with van der Waals surface area (Å²) in [5, 5.41) is 2.75. The number of halogens is 1. The lowest BCUT2D eigenvalue weighted by Crippen LogP contribution is -2.39. The number of hydrogen-bond donors (Lipinski definition) is 2. The molecule has 6 nitrogen and oxygen atoms in total. The lowest BCUT2D eigenvalue weighted by Gasteiger charge is -2.23. The van der Waals surface area contributed by atoms with Gasteiger partial charge in [0.1, 0.15) is 5.82 Å². The maximum atomic E-state index is 11.9. The van der Waals surface area contributed by atoms with Crippen molar-refractivity contribution in [1.29, 1.82) is 0 Å². The van der Waals surface area contributed by atoms with Crippen LogP contribution in [0.25, 0.3) is 0 Å². The highest BCUT2D eigenvalue weighted by Gasteiger charge is 2.17. The molecule has 1 aliphatic heterocycles. The molecule has 1 fully saturated rings. The second-order valence-corrected chi connectivity index (χ2v) is 4.78. The first-order chi connectivity index (χ1) is 8.66. The van der Waals surface area contributed by atoms with Crippen molar-refractivity contribution in [2.45, 2.75) is 6.10 Å². The third-order valence-corrected chi connectivity index (χ3v) is 2.94. The number of carbonyl (C=O) groups is 1. The van der Waals surface area contributed by atoms with Gasteiger partial charge in [-0.2, -0.15) is 0 Å². The number of ether oxygens (including phenoxy) is 2. The van der Waals surface area contributed by atoms with Crippen molar-refractivity contribution in [2.24, 2.45) is 0 Å². The van der Waals surface area contributed by atoms with Gasteiger partial charge in [-0.05, 0) is 22.0 Å². The Kier molecular flexibility index (Phi) is 4.51. The average molecular weight is 316 g/mol. The monoisotopic (exact) mass is 315 g/mol. The Morgan fingerprint density at radius 2 is 2.44 bits per heavy atom. The maximum absolute atomic E-state index is 11.9. The van der Waals surface area contributed by atoms with Gasteiger partial charge in [0.05, 0.1) is 31.5 Å². The van der Waals surface area contributed by atoms with Gasteiger partial charge >= 0.3 is 0 Å². The van der Waals surface area contributed by atoms with Gasteiger partial charge in [0.25, 0.3) is 5.91 Å². The molecule has 0 saturated carbocycles. The molecule has 1 aromatic heterocycles. The predicted octanol–water partition coefficient (Wildman–Crippen LogP) is 0.571.